The molecular weight excluding hydrogens is 184 g/mol. The Kier molecular flexibility index (Phi) is 7.33. The lowest BCUT2D eigenvalue weighted by Gasteiger charge is -1.98. The van der Waals surface area contributed by atoms with Gasteiger partial charge in [0.25, 0.3) is 0 Å². The van der Waals surface area contributed by atoms with Gasteiger partial charge in [-0.2, -0.15) is 0 Å². The van der Waals surface area contributed by atoms with E-state index in [9.17, 15) is 0 Å². The molecule has 0 saturated heterocycles. The number of aliphatic imine (C=N–C) groups is 1. The van der Waals surface area contributed by atoms with Crippen molar-refractivity contribution in [3.8, 4) is 0 Å². The largest absolute Gasteiger partial charge is 0.394 e. The minimum atomic E-state index is 0.362. The molecule has 0 radical (unpaired) electrons. The van der Waals surface area contributed by atoms with E-state index in [1.807, 2.05) is 31.6 Å². The van der Waals surface area contributed by atoms with Crippen LogP contribution in [0.1, 0.15) is 27.7 Å². The zero-order valence-electron chi connectivity index (χ0n) is 10.4. The summed E-state index contributed by atoms with van der Waals surface area (Å²) in [5, 5.41) is 2.94. The molecule has 0 spiro atoms. The molecule has 0 amide bonds. The number of allylic oxidation sites excluding steroid dienone is 5. The lowest BCUT2D eigenvalue weighted by atomic mass is 10.1. The van der Waals surface area contributed by atoms with Gasteiger partial charge in [-0.25, -0.2) is 0 Å². The topological polar surface area (TPSA) is 24.4 Å². The van der Waals surface area contributed by atoms with Crippen LogP contribution in [-0.2, 0) is 0 Å². The molecule has 15 heavy (non-hydrogen) atoms. The van der Waals surface area contributed by atoms with Crippen molar-refractivity contribution in [3.05, 3.63) is 35.6 Å². The van der Waals surface area contributed by atoms with Crippen LogP contribution < -0.4 is 5.32 Å². The van der Waals surface area contributed by atoms with Gasteiger partial charge in [0.15, 0.2) is 0 Å². The number of nitrogens with one attached hydrogen (secondary N) is 1. The Morgan fingerprint density at radius 3 is 2.33 bits per heavy atom. The van der Waals surface area contributed by atoms with E-state index in [4.69, 9.17) is 0 Å². The van der Waals surface area contributed by atoms with Crippen LogP contribution in [0.4, 0.5) is 0 Å². The Bertz CT molecular complexity index is 281. The van der Waals surface area contributed by atoms with Crippen LogP contribution in [0.3, 0.4) is 0 Å². The average Bonchev–Trinajstić information content (AvgIpc) is 2.20. The van der Waals surface area contributed by atoms with Gasteiger partial charge in [0, 0.05) is 19.3 Å². The molecule has 0 saturated carbocycles. The maximum absolute atomic E-state index is 4.34. The predicted molar refractivity (Wildman–Crippen MR) is 69.3 cm³/mol. The summed E-state index contributed by atoms with van der Waals surface area (Å²) in [5.41, 5.74) is 2.44. The second-order valence-electron chi connectivity index (χ2n) is 3.74. The summed E-state index contributed by atoms with van der Waals surface area (Å²) in [6.07, 6.45) is 9.89. The second-order valence-corrected chi connectivity index (χ2v) is 3.74. The lowest BCUT2D eigenvalue weighted by molar-refractivity contribution is 0.840. The van der Waals surface area contributed by atoms with Gasteiger partial charge >= 0.3 is 0 Å². The van der Waals surface area contributed by atoms with Crippen molar-refractivity contribution in [2.45, 2.75) is 33.7 Å². The van der Waals surface area contributed by atoms with E-state index in [-0.39, 0.29) is 0 Å². The summed E-state index contributed by atoms with van der Waals surface area (Å²) >= 11 is 0. The first-order valence-corrected chi connectivity index (χ1v) is 5.29. The van der Waals surface area contributed by atoms with Crippen molar-refractivity contribution in [1.82, 2.24) is 5.32 Å². The van der Waals surface area contributed by atoms with E-state index in [0.717, 1.165) is 0 Å². The monoisotopic (exact) mass is 206 g/mol. The van der Waals surface area contributed by atoms with Crippen LogP contribution in [0.5, 0.6) is 0 Å². The van der Waals surface area contributed by atoms with Crippen LogP contribution in [0.2, 0.25) is 0 Å². The summed E-state index contributed by atoms with van der Waals surface area (Å²) in [4.78, 5) is 4.34. The Morgan fingerprint density at radius 2 is 1.80 bits per heavy atom. The third kappa shape index (κ3) is 7.74. The Balaban J connectivity index is 4.38. The van der Waals surface area contributed by atoms with Gasteiger partial charge in [-0.15, -0.1) is 0 Å². The minimum absolute atomic E-state index is 0.362. The Labute approximate surface area is 93.5 Å². The van der Waals surface area contributed by atoms with Crippen LogP contribution in [0, 0.1) is 0 Å². The van der Waals surface area contributed by atoms with Gasteiger partial charge in [0.2, 0.25) is 0 Å². The standard InChI is InChI=1S/C13H22N2/c1-11(2)15-10-13(4)12(3)8-6-7-9-14-5/h6-11,14H,1-5H3/b8-6?,9-7?,13-12-,15-10?. The molecule has 0 heterocycles. The first-order valence-electron chi connectivity index (χ1n) is 5.29. The molecule has 0 aromatic heterocycles. The average molecular weight is 206 g/mol. The first kappa shape index (κ1) is 13.7. The highest BCUT2D eigenvalue weighted by molar-refractivity contribution is 5.79. The first-order chi connectivity index (χ1) is 7.07. The van der Waals surface area contributed by atoms with Gasteiger partial charge in [0.1, 0.15) is 0 Å². The van der Waals surface area contributed by atoms with E-state index < -0.39 is 0 Å². The summed E-state index contributed by atoms with van der Waals surface area (Å²) in [6.45, 7) is 8.31. The van der Waals surface area contributed by atoms with Crippen LogP contribution in [-0.4, -0.2) is 19.3 Å². The van der Waals surface area contributed by atoms with E-state index in [1.54, 1.807) is 0 Å². The quantitative estimate of drug-likeness (QED) is 0.542. The predicted octanol–water partition coefficient (Wildman–Crippen LogP) is 3.09. The highest BCUT2D eigenvalue weighted by atomic mass is 14.8. The van der Waals surface area contributed by atoms with Crippen molar-refractivity contribution >= 4 is 6.21 Å². The smallest absolute Gasteiger partial charge is 0.0443 e. The molecule has 0 aromatic rings. The lowest BCUT2D eigenvalue weighted by Crippen LogP contribution is -1.91. The SMILES string of the molecule is CNC=CC=C/C(C)=C(/C)C=NC(C)C. The third-order valence-electron chi connectivity index (χ3n) is 1.91. The molecule has 0 bridgehead atoms. The summed E-state index contributed by atoms with van der Waals surface area (Å²) < 4.78 is 0. The summed E-state index contributed by atoms with van der Waals surface area (Å²) in [6, 6.07) is 0.362. The molecule has 0 fully saturated rings. The molecule has 0 rings (SSSR count). The van der Waals surface area contributed by atoms with Gasteiger partial charge < -0.3 is 5.32 Å². The van der Waals surface area contributed by atoms with E-state index in [0.29, 0.717) is 6.04 Å². The molecule has 84 valence electrons. The van der Waals surface area contributed by atoms with Crippen LogP contribution >= 0.6 is 0 Å². The maximum atomic E-state index is 4.34. The second kappa shape index (κ2) is 8.04. The number of rotatable bonds is 5. The molecule has 0 atom stereocenters. The molecule has 0 aliphatic carbocycles. The molecular formula is C13H22N2. The summed E-state index contributed by atoms with van der Waals surface area (Å²) in [7, 11) is 1.88. The van der Waals surface area contributed by atoms with Crippen molar-refractivity contribution in [1.29, 1.82) is 0 Å². The minimum Gasteiger partial charge on any atom is -0.394 e. The van der Waals surface area contributed by atoms with Crippen molar-refractivity contribution in [2.75, 3.05) is 7.05 Å². The normalized spacial score (nSPS) is 14.5. The Morgan fingerprint density at radius 1 is 1.13 bits per heavy atom. The van der Waals surface area contributed by atoms with E-state index in [2.05, 4.69) is 44.1 Å². The van der Waals surface area contributed by atoms with Gasteiger partial charge in [-0.3, -0.25) is 4.99 Å². The molecule has 0 unspecified atom stereocenters. The van der Waals surface area contributed by atoms with Crippen molar-refractivity contribution in [2.24, 2.45) is 4.99 Å². The zero-order valence-corrected chi connectivity index (χ0v) is 10.4. The highest BCUT2D eigenvalue weighted by Gasteiger charge is 1.89. The van der Waals surface area contributed by atoms with Crippen LogP contribution in [0.15, 0.2) is 40.6 Å². The van der Waals surface area contributed by atoms with E-state index >= 15 is 0 Å². The fourth-order valence-corrected chi connectivity index (χ4v) is 0.846. The fraction of sp³-hybridized carbons (Fsp3) is 0.462. The molecule has 2 nitrogen and oxygen atoms in total. The fourth-order valence-electron chi connectivity index (χ4n) is 0.846. The van der Waals surface area contributed by atoms with Gasteiger partial charge in [-0.1, -0.05) is 12.2 Å². The Hall–Kier alpha value is -1.31. The molecule has 0 aliphatic rings. The molecule has 1 N–H and O–H groups in total. The molecule has 2 heteroatoms. The molecule has 0 aromatic carbocycles. The van der Waals surface area contributed by atoms with Crippen molar-refractivity contribution < 1.29 is 0 Å². The van der Waals surface area contributed by atoms with E-state index in [1.165, 1.54) is 11.1 Å². The van der Waals surface area contributed by atoms with Crippen molar-refractivity contribution in [3.63, 3.8) is 0 Å². The van der Waals surface area contributed by atoms with Crippen LogP contribution in [0.25, 0.3) is 0 Å². The van der Waals surface area contributed by atoms with Gasteiger partial charge in [-0.05, 0) is 51.1 Å². The molecule has 0 aliphatic heterocycles. The summed E-state index contributed by atoms with van der Waals surface area (Å²) in [5.74, 6) is 0. The van der Waals surface area contributed by atoms with Gasteiger partial charge in [0.05, 0.1) is 0 Å². The zero-order chi connectivity index (χ0) is 11.7. The highest BCUT2D eigenvalue weighted by Crippen LogP contribution is 2.03. The number of hydrogen-bond acceptors (Lipinski definition) is 2. The number of hydrogen-bond donors (Lipinski definition) is 1. The maximum Gasteiger partial charge on any atom is 0.0443 e. The third-order valence-corrected chi connectivity index (χ3v) is 1.91. The number of nitrogens with zero attached hydrogens (tertiary/aromatic N) is 1.